The molecule has 1 aliphatic rings. The molecule has 1 aliphatic heterocycles. The van der Waals surface area contributed by atoms with Crippen LogP contribution < -0.4 is 20.7 Å². The number of carbonyl (C=O) groups excluding carboxylic acids is 1. The third kappa shape index (κ3) is 4.53. The molecule has 0 saturated carbocycles. The van der Waals surface area contributed by atoms with Crippen LogP contribution in [0.15, 0.2) is 36.9 Å². The number of methoxy groups -OCH3 is 1. The summed E-state index contributed by atoms with van der Waals surface area (Å²) >= 11 is 0. The largest absolute Gasteiger partial charge is 0.497 e. The van der Waals surface area contributed by atoms with Crippen molar-refractivity contribution in [2.45, 2.75) is 36.9 Å². The quantitative estimate of drug-likeness (QED) is 0.328. The average Bonchev–Trinajstić information content (AvgIpc) is 3.40. The van der Waals surface area contributed by atoms with Gasteiger partial charge in [-0.25, -0.2) is 15.0 Å². The summed E-state index contributed by atoms with van der Waals surface area (Å²) in [6.07, 6.45) is 0.250. The lowest BCUT2D eigenvalue weighted by Crippen LogP contribution is -2.53. The summed E-state index contributed by atoms with van der Waals surface area (Å²) in [6, 6.07) is 5.52. The zero-order valence-corrected chi connectivity index (χ0v) is 19.2. The second-order valence-corrected chi connectivity index (χ2v) is 8.35. The Balaban J connectivity index is 1.49. The van der Waals surface area contributed by atoms with Gasteiger partial charge in [0.1, 0.15) is 24.3 Å². The minimum atomic E-state index is -1.18. The van der Waals surface area contributed by atoms with Crippen LogP contribution >= 0.6 is 0 Å². The van der Waals surface area contributed by atoms with Crippen LogP contribution in [-0.4, -0.2) is 87.7 Å². The maximum Gasteiger partial charge on any atom is 0.237 e. The maximum atomic E-state index is 12.8. The van der Waals surface area contributed by atoms with Crippen LogP contribution in [0, 0.1) is 0 Å². The van der Waals surface area contributed by atoms with Crippen molar-refractivity contribution in [3.8, 4) is 5.75 Å². The van der Waals surface area contributed by atoms with Gasteiger partial charge in [-0.1, -0.05) is 12.1 Å². The molecule has 2 aromatic heterocycles. The number of aliphatic hydroxyl groups is 2. The molecule has 1 amide bonds. The van der Waals surface area contributed by atoms with Gasteiger partial charge in [0.25, 0.3) is 0 Å². The first kappa shape index (κ1) is 23.8. The number of hydrogen-bond donors (Lipinski definition) is 4. The number of nitrogens with two attached hydrogens (primary N) is 1. The van der Waals surface area contributed by atoms with Crippen LogP contribution in [0.3, 0.4) is 0 Å². The van der Waals surface area contributed by atoms with E-state index in [0.29, 0.717) is 29.2 Å². The predicted molar refractivity (Wildman–Crippen MR) is 123 cm³/mol. The Labute approximate surface area is 196 Å². The Morgan fingerprint density at radius 2 is 2.03 bits per heavy atom. The van der Waals surface area contributed by atoms with Gasteiger partial charge in [-0.15, -0.1) is 0 Å². The summed E-state index contributed by atoms with van der Waals surface area (Å²) in [6.45, 7) is -0.406. The summed E-state index contributed by atoms with van der Waals surface area (Å²) in [5, 5.41) is 23.6. The van der Waals surface area contributed by atoms with Crippen molar-refractivity contribution in [3.63, 3.8) is 0 Å². The van der Waals surface area contributed by atoms with E-state index in [1.54, 1.807) is 28.7 Å². The number of ether oxygens (including phenoxy) is 2. The maximum absolute atomic E-state index is 12.8. The van der Waals surface area contributed by atoms with Gasteiger partial charge in [0.2, 0.25) is 5.91 Å². The minimum Gasteiger partial charge on any atom is -0.497 e. The van der Waals surface area contributed by atoms with Crippen molar-refractivity contribution in [2.24, 2.45) is 5.73 Å². The molecule has 12 heteroatoms. The lowest BCUT2D eigenvalue weighted by molar-refractivity contribution is -0.124. The molecule has 34 heavy (non-hydrogen) atoms. The Bertz CT molecular complexity index is 1140. The van der Waals surface area contributed by atoms with Crippen molar-refractivity contribution >= 4 is 22.9 Å². The highest BCUT2D eigenvalue weighted by atomic mass is 16.5. The summed E-state index contributed by atoms with van der Waals surface area (Å²) < 4.78 is 12.6. The number of nitrogens with zero attached hydrogens (tertiary/aromatic N) is 5. The van der Waals surface area contributed by atoms with Crippen molar-refractivity contribution in [2.75, 3.05) is 32.7 Å². The number of anilines is 1. The monoisotopic (exact) mass is 471 g/mol. The van der Waals surface area contributed by atoms with E-state index in [1.165, 1.54) is 12.7 Å². The van der Waals surface area contributed by atoms with Crippen LogP contribution in [-0.2, 0) is 16.0 Å². The lowest BCUT2D eigenvalue weighted by Gasteiger charge is -2.23. The molecular formula is C22H29N7O5. The molecule has 12 nitrogen and oxygen atoms in total. The Morgan fingerprint density at radius 1 is 1.29 bits per heavy atom. The van der Waals surface area contributed by atoms with E-state index in [4.69, 9.17) is 15.2 Å². The van der Waals surface area contributed by atoms with Gasteiger partial charge in [-0.05, 0) is 24.1 Å². The van der Waals surface area contributed by atoms with E-state index in [-0.39, 0.29) is 0 Å². The number of aromatic nitrogens is 4. The van der Waals surface area contributed by atoms with E-state index in [9.17, 15) is 15.0 Å². The fraction of sp³-hybridized carbons (Fsp3) is 0.455. The van der Waals surface area contributed by atoms with Gasteiger partial charge in [-0.2, -0.15) is 0 Å². The van der Waals surface area contributed by atoms with Crippen LogP contribution in [0.25, 0.3) is 11.2 Å². The highest BCUT2D eigenvalue weighted by Gasteiger charge is 2.46. The Kier molecular flexibility index (Phi) is 6.93. The molecule has 182 valence electrons. The molecule has 0 spiro atoms. The SMILES string of the molecule is COc1ccc(CC(N)C(=O)NC2[C@@H](CO)O[C@@H](n3cnc4c(N(C)C)ncnc43)[C@H]2O)cc1. The number of hydrogen-bond acceptors (Lipinski definition) is 10. The summed E-state index contributed by atoms with van der Waals surface area (Å²) in [7, 11) is 5.25. The van der Waals surface area contributed by atoms with Crippen molar-refractivity contribution in [1.29, 1.82) is 0 Å². The topological polar surface area (TPSA) is 161 Å². The van der Waals surface area contributed by atoms with Crippen molar-refractivity contribution < 1.29 is 24.5 Å². The number of imidazole rings is 1. The Morgan fingerprint density at radius 3 is 2.68 bits per heavy atom. The van der Waals surface area contributed by atoms with Gasteiger partial charge in [0.15, 0.2) is 23.2 Å². The van der Waals surface area contributed by atoms with E-state index in [2.05, 4.69) is 20.3 Å². The third-order valence-electron chi connectivity index (χ3n) is 5.85. The molecule has 0 radical (unpaired) electrons. The summed E-state index contributed by atoms with van der Waals surface area (Å²) in [5.74, 6) is 0.861. The zero-order valence-electron chi connectivity index (χ0n) is 19.2. The Hall–Kier alpha value is -3.32. The fourth-order valence-corrected chi connectivity index (χ4v) is 4.04. The molecule has 5 N–H and O–H groups in total. The second kappa shape index (κ2) is 9.89. The molecule has 2 unspecified atom stereocenters. The van der Waals surface area contributed by atoms with Crippen LogP contribution in [0.1, 0.15) is 11.8 Å². The number of amides is 1. The first-order valence-electron chi connectivity index (χ1n) is 10.8. The highest BCUT2D eigenvalue weighted by molar-refractivity contribution is 5.83. The average molecular weight is 472 g/mol. The molecule has 3 aromatic rings. The van der Waals surface area contributed by atoms with Gasteiger partial charge < -0.3 is 35.6 Å². The second-order valence-electron chi connectivity index (χ2n) is 8.35. The van der Waals surface area contributed by atoms with Gasteiger partial charge in [-0.3, -0.25) is 9.36 Å². The molecule has 1 saturated heterocycles. The van der Waals surface area contributed by atoms with Gasteiger partial charge >= 0.3 is 0 Å². The lowest BCUT2D eigenvalue weighted by atomic mass is 10.0. The van der Waals surface area contributed by atoms with E-state index < -0.39 is 43.0 Å². The number of aliphatic hydroxyl groups excluding tert-OH is 2. The minimum absolute atomic E-state index is 0.295. The number of fused-ring (bicyclic) bond motifs is 1. The van der Waals surface area contributed by atoms with Gasteiger partial charge in [0, 0.05) is 14.1 Å². The number of nitrogens with one attached hydrogen (secondary N) is 1. The number of carbonyl (C=O) groups is 1. The van der Waals surface area contributed by atoms with Crippen molar-refractivity contribution in [3.05, 3.63) is 42.5 Å². The highest BCUT2D eigenvalue weighted by Crippen LogP contribution is 2.32. The zero-order chi connectivity index (χ0) is 24.4. The van der Waals surface area contributed by atoms with Crippen molar-refractivity contribution in [1.82, 2.24) is 24.8 Å². The van der Waals surface area contributed by atoms with Crippen LogP contribution in [0.4, 0.5) is 5.82 Å². The first-order chi connectivity index (χ1) is 16.3. The molecule has 3 heterocycles. The third-order valence-corrected chi connectivity index (χ3v) is 5.85. The van der Waals surface area contributed by atoms with E-state index >= 15 is 0 Å². The number of rotatable bonds is 8. The molecule has 0 aliphatic carbocycles. The molecule has 1 fully saturated rings. The van der Waals surface area contributed by atoms with Crippen LogP contribution in [0.5, 0.6) is 5.75 Å². The predicted octanol–water partition coefficient (Wildman–Crippen LogP) is -0.794. The summed E-state index contributed by atoms with van der Waals surface area (Å²) in [5.41, 5.74) is 7.98. The van der Waals surface area contributed by atoms with E-state index in [1.807, 2.05) is 26.2 Å². The molecule has 1 aromatic carbocycles. The fourth-order valence-electron chi connectivity index (χ4n) is 4.04. The normalized spacial score (nSPS) is 23.1. The first-order valence-corrected chi connectivity index (χ1v) is 10.8. The van der Waals surface area contributed by atoms with Gasteiger partial charge in [0.05, 0.1) is 32.1 Å². The smallest absolute Gasteiger partial charge is 0.237 e. The molecule has 5 atom stereocenters. The molecule has 0 bridgehead atoms. The molecular weight excluding hydrogens is 442 g/mol. The van der Waals surface area contributed by atoms with E-state index in [0.717, 1.165) is 5.56 Å². The van der Waals surface area contributed by atoms with Crippen LogP contribution in [0.2, 0.25) is 0 Å². The number of benzene rings is 1. The standard InChI is InChI=1S/C22H29N7O5/c1-28(2)19-17-20(25-10-24-19)29(11-26-17)22-18(31)16(15(9-30)34-22)27-21(32)14(23)8-12-4-6-13(33-3)7-5-12/h4-7,10-11,14-16,18,22,30-31H,8-9,23H2,1-3H3,(H,27,32)/t14?,15-,16?,18+,22-/m1/s1. The molecule has 4 rings (SSSR count). The summed E-state index contributed by atoms with van der Waals surface area (Å²) in [4.78, 5) is 27.5.